The van der Waals surface area contributed by atoms with E-state index in [1.165, 1.54) is 70.9 Å². The van der Waals surface area contributed by atoms with Gasteiger partial charge < -0.3 is 5.32 Å². The maximum absolute atomic E-state index is 3.60. The Labute approximate surface area is 113 Å². The Morgan fingerprint density at radius 3 is 2.33 bits per heavy atom. The van der Waals surface area contributed by atoms with Gasteiger partial charge in [0.25, 0.3) is 0 Å². The zero-order valence-corrected chi connectivity index (χ0v) is 12.0. The monoisotopic (exact) mass is 250 g/mol. The quantitative estimate of drug-likeness (QED) is 0.729. The zero-order valence-electron chi connectivity index (χ0n) is 12.0. The van der Waals surface area contributed by atoms with Crippen LogP contribution >= 0.6 is 0 Å². The molecule has 0 amide bonds. The molecule has 0 aliphatic heterocycles. The van der Waals surface area contributed by atoms with Gasteiger partial charge in [-0.15, -0.1) is 0 Å². The minimum Gasteiger partial charge on any atom is -0.317 e. The van der Waals surface area contributed by atoms with E-state index in [0.29, 0.717) is 0 Å². The summed E-state index contributed by atoms with van der Waals surface area (Å²) in [5.74, 6) is 1.97. The van der Waals surface area contributed by atoms with Gasteiger partial charge in [-0.25, -0.2) is 0 Å². The van der Waals surface area contributed by atoms with Crippen molar-refractivity contribution in [3.8, 4) is 0 Å². The molecule has 3 fully saturated rings. The normalized spacial score (nSPS) is 33.7. The first-order valence-corrected chi connectivity index (χ1v) is 8.28. The van der Waals surface area contributed by atoms with Crippen molar-refractivity contribution in [3.63, 3.8) is 0 Å². The van der Waals surface area contributed by atoms with Crippen LogP contribution in [0.5, 0.6) is 0 Å². The molecule has 0 aromatic carbocycles. The fourth-order valence-corrected chi connectivity index (χ4v) is 3.73. The van der Waals surface area contributed by atoms with Crippen LogP contribution in [0.1, 0.15) is 57.8 Å². The van der Waals surface area contributed by atoms with Crippen LogP contribution in [-0.2, 0) is 0 Å². The lowest BCUT2D eigenvalue weighted by Crippen LogP contribution is -2.42. The van der Waals surface area contributed by atoms with Gasteiger partial charge >= 0.3 is 0 Å². The number of hydrogen-bond donors (Lipinski definition) is 1. The predicted octanol–water partition coefficient (Wildman–Crippen LogP) is 3.03. The first kappa shape index (κ1) is 12.9. The summed E-state index contributed by atoms with van der Waals surface area (Å²) in [6.07, 6.45) is 13.2. The fraction of sp³-hybridized carbons (Fsp3) is 1.00. The van der Waals surface area contributed by atoms with Crippen LogP contribution in [0.3, 0.4) is 0 Å². The van der Waals surface area contributed by atoms with E-state index in [9.17, 15) is 0 Å². The maximum Gasteiger partial charge on any atom is 0.0104 e. The van der Waals surface area contributed by atoms with Crippen LogP contribution in [0.25, 0.3) is 0 Å². The smallest absolute Gasteiger partial charge is 0.0104 e. The highest BCUT2D eigenvalue weighted by atomic mass is 15.2. The van der Waals surface area contributed by atoms with Crippen molar-refractivity contribution in [1.82, 2.24) is 10.2 Å². The molecule has 3 aliphatic rings. The Hall–Kier alpha value is -0.0800. The molecular formula is C16H30N2. The number of rotatable bonds is 6. The van der Waals surface area contributed by atoms with Crippen LogP contribution in [-0.4, -0.2) is 37.1 Å². The molecular weight excluding hydrogens is 220 g/mol. The number of hydrogen-bond acceptors (Lipinski definition) is 2. The van der Waals surface area contributed by atoms with Crippen LogP contribution in [0, 0.1) is 11.8 Å². The largest absolute Gasteiger partial charge is 0.317 e. The molecule has 3 aliphatic carbocycles. The number of nitrogens with one attached hydrogen (secondary N) is 1. The van der Waals surface area contributed by atoms with E-state index in [1.54, 1.807) is 0 Å². The van der Waals surface area contributed by atoms with Gasteiger partial charge in [0.15, 0.2) is 0 Å². The summed E-state index contributed by atoms with van der Waals surface area (Å²) in [4.78, 5) is 2.86. The van der Waals surface area contributed by atoms with Gasteiger partial charge in [-0.3, -0.25) is 4.90 Å². The summed E-state index contributed by atoms with van der Waals surface area (Å²) < 4.78 is 0. The maximum atomic E-state index is 3.60. The van der Waals surface area contributed by atoms with E-state index in [0.717, 1.165) is 23.9 Å². The topological polar surface area (TPSA) is 15.3 Å². The Kier molecular flexibility index (Phi) is 4.25. The third kappa shape index (κ3) is 3.48. The van der Waals surface area contributed by atoms with Crippen molar-refractivity contribution < 1.29 is 0 Å². The summed E-state index contributed by atoms with van der Waals surface area (Å²) in [7, 11) is 2.17. The van der Waals surface area contributed by atoms with Gasteiger partial charge in [-0.2, -0.15) is 0 Å². The van der Waals surface area contributed by atoms with Gasteiger partial charge in [0, 0.05) is 25.2 Å². The van der Waals surface area contributed by atoms with Crippen LogP contribution in [0.4, 0.5) is 0 Å². The Bertz CT molecular complexity index is 258. The molecule has 2 atom stereocenters. The molecule has 0 aromatic heterocycles. The van der Waals surface area contributed by atoms with Crippen LogP contribution in [0.2, 0.25) is 0 Å². The highest BCUT2D eigenvalue weighted by Gasteiger charge is 2.36. The Balaban J connectivity index is 1.56. The molecule has 0 aromatic rings. The van der Waals surface area contributed by atoms with Crippen molar-refractivity contribution in [2.75, 3.05) is 20.1 Å². The second-order valence-electron chi connectivity index (χ2n) is 6.92. The van der Waals surface area contributed by atoms with Crippen molar-refractivity contribution in [2.24, 2.45) is 11.8 Å². The third-order valence-electron chi connectivity index (χ3n) is 5.25. The van der Waals surface area contributed by atoms with Crippen LogP contribution in [0.15, 0.2) is 0 Å². The minimum atomic E-state index is 0.785. The third-order valence-corrected chi connectivity index (χ3v) is 5.25. The second-order valence-corrected chi connectivity index (χ2v) is 6.92. The molecule has 1 N–H and O–H groups in total. The molecule has 0 spiro atoms. The van der Waals surface area contributed by atoms with E-state index in [-0.39, 0.29) is 0 Å². The minimum absolute atomic E-state index is 0.785. The lowest BCUT2D eigenvalue weighted by atomic mass is 9.94. The number of nitrogens with zero attached hydrogens (tertiary/aromatic N) is 1. The molecule has 0 bridgehead atoms. The lowest BCUT2D eigenvalue weighted by molar-refractivity contribution is 0.183. The second kappa shape index (κ2) is 5.92. The van der Waals surface area contributed by atoms with Crippen molar-refractivity contribution >= 4 is 0 Å². The lowest BCUT2D eigenvalue weighted by Gasteiger charge is -2.31. The summed E-state index contributed by atoms with van der Waals surface area (Å²) in [6.45, 7) is 2.80. The molecule has 2 nitrogen and oxygen atoms in total. The highest BCUT2D eigenvalue weighted by molar-refractivity contribution is 4.91. The van der Waals surface area contributed by atoms with E-state index < -0.39 is 0 Å². The zero-order chi connectivity index (χ0) is 12.4. The van der Waals surface area contributed by atoms with Gasteiger partial charge in [0.05, 0.1) is 0 Å². The van der Waals surface area contributed by atoms with Crippen LogP contribution < -0.4 is 5.32 Å². The van der Waals surface area contributed by atoms with Crippen molar-refractivity contribution in [3.05, 3.63) is 0 Å². The van der Waals surface area contributed by atoms with Crippen molar-refractivity contribution in [2.45, 2.75) is 69.9 Å². The summed E-state index contributed by atoms with van der Waals surface area (Å²) >= 11 is 0. The van der Waals surface area contributed by atoms with Crippen molar-refractivity contribution in [1.29, 1.82) is 0 Å². The SMILES string of the molecule is CNC1CCCCCC1CN(CC1CC1)C1CC1. The van der Waals surface area contributed by atoms with Gasteiger partial charge in [-0.1, -0.05) is 19.3 Å². The summed E-state index contributed by atoms with van der Waals surface area (Å²) in [5, 5.41) is 3.60. The molecule has 3 saturated carbocycles. The molecule has 0 radical (unpaired) electrons. The van der Waals surface area contributed by atoms with Gasteiger partial charge in [-0.05, 0) is 57.4 Å². The van der Waals surface area contributed by atoms with E-state index >= 15 is 0 Å². The molecule has 0 saturated heterocycles. The standard InChI is InChI=1S/C16H30N2/c1-17-16-6-4-2-3-5-14(16)12-18(15-9-10-15)11-13-7-8-13/h13-17H,2-12H2,1H3. The first-order valence-electron chi connectivity index (χ1n) is 8.28. The van der Waals surface area contributed by atoms with E-state index in [1.807, 2.05) is 0 Å². The highest BCUT2D eigenvalue weighted by Crippen LogP contribution is 2.36. The average molecular weight is 250 g/mol. The molecule has 18 heavy (non-hydrogen) atoms. The Morgan fingerprint density at radius 2 is 1.67 bits per heavy atom. The summed E-state index contributed by atoms with van der Waals surface area (Å²) in [6, 6.07) is 1.75. The molecule has 0 heterocycles. The van der Waals surface area contributed by atoms with Gasteiger partial charge in [0.1, 0.15) is 0 Å². The Morgan fingerprint density at radius 1 is 0.889 bits per heavy atom. The molecule has 104 valence electrons. The molecule has 3 rings (SSSR count). The average Bonchev–Trinajstić information content (AvgIpc) is 3.23. The van der Waals surface area contributed by atoms with Gasteiger partial charge in [0.2, 0.25) is 0 Å². The molecule has 2 heteroatoms. The molecule has 2 unspecified atom stereocenters. The fourth-order valence-electron chi connectivity index (χ4n) is 3.73. The van der Waals surface area contributed by atoms with E-state index in [4.69, 9.17) is 0 Å². The predicted molar refractivity (Wildman–Crippen MR) is 76.7 cm³/mol. The van der Waals surface area contributed by atoms with E-state index in [2.05, 4.69) is 17.3 Å². The first-order chi connectivity index (χ1) is 8.86. The summed E-state index contributed by atoms with van der Waals surface area (Å²) in [5.41, 5.74) is 0.